The molecule has 0 bridgehead atoms. The van der Waals surface area contributed by atoms with Crippen molar-refractivity contribution in [1.82, 2.24) is 14.9 Å². The fraction of sp³-hybridized carbons (Fsp3) is 0.333. The monoisotopic (exact) mass is 281 g/mol. The highest BCUT2D eigenvalue weighted by atomic mass is 32.2. The summed E-state index contributed by atoms with van der Waals surface area (Å²) in [4.78, 5) is 0. The summed E-state index contributed by atoms with van der Waals surface area (Å²) in [5, 5.41) is 7.36. The molecule has 0 radical (unpaired) electrons. The van der Waals surface area contributed by atoms with E-state index in [2.05, 4.69) is 14.9 Å². The van der Waals surface area contributed by atoms with Gasteiger partial charge in [-0.1, -0.05) is 29.8 Å². The Balaban J connectivity index is 1.99. The third-order valence-corrected chi connectivity index (χ3v) is 3.75. The highest BCUT2D eigenvalue weighted by molar-refractivity contribution is 7.88. The van der Waals surface area contributed by atoms with Crippen LogP contribution in [0, 0.1) is 13.8 Å². The topological polar surface area (TPSA) is 85.1 Å². The molecular weight excluding hydrogens is 266 g/mol. The van der Waals surface area contributed by atoms with Crippen molar-refractivity contribution in [2.45, 2.75) is 26.1 Å². The van der Waals surface area contributed by atoms with Gasteiger partial charge in [-0.3, -0.25) is 0 Å². The van der Waals surface area contributed by atoms with Gasteiger partial charge in [0.15, 0.2) is 0 Å². The van der Waals surface area contributed by atoms with Crippen molar-refractivity contribution in [2.24, 2.45) is 0 Å². The van der Waals surface area contributed by atoms with E-state index >= 15 is 0 Å². The summed E-state index contributed by atoms with van der Waals surface area (Å²) in [5.41, 5.74) is 1.77. The quantitative estimate of drug-likeness (QED) is 0.893. The van der Waals surface area contributed by atoms with Crippen LogP contribution in [-0.2, 0) is 22.3 Å². The number of aryl methyl sites for hydroxylation is 2. The molecule has 0 saturated carbocycles. The maximum Gasteiger partial charge on any atom is 0.231 e. The molecule has 1 N–H and O–H groups in total. The van der Waals surface area contributed by atoms with E-state index in [1.165, 1.54) is 0 Å². The first-order valence-electron chi connectivity index (χ1n) is 5.76. The Kier molecular flexibility index (Phi) is 3.96. The number of nitrogens with zero attached hydrogens (tertiary/aromatic N) is 2. The summed E-state index contributed by atoms with van der Waals surface area (Å²) in [6.45, 7) is 3.58. The molecule has 7 heteroatoms. The summed E-state index contributed by atoms with van der Waals surface area (Å²) in [5.74, 6) is 0.597. The number of sulfonamides is 1. The van der Waals surface area contributed by atoms with Crippen LogP contribution < -0.4 is 4.72 Å². The molecule has 0 amide bonds. The van der Waals surface area contributed by atoms with Crippen LogP contribution in [0.15, 0.2) is 28.7 Å². The molecule has 6 nitrogen and oxygen atoms in total. The molecule has 1 heterocycles. The molecule has 0 saturated heterocycles. The number of hydrogen-bond acceptors (Lipinski definition) is 5. The largest absolute Gasteiger partial charge is 0.424 e. The van der Waals surface area contributed by atoms with Gasteiger partial charge in [0.2, 0.25) is 21.8 Å². The second kappa shape index (κ2) is 5.50. The zero-order chi connectivity index (χ0) is 13.9. The van der Waals surface area contributed by atoms with Crippen molar-refractivity contribution < 1.29 is 12.8 Å². The fourth-order valence-corrected chi connectivity index (χ4v) is 2.72. The number of aromatic nitrogens is 2. The number of benzene rings is 1. The van der Waals surface area contributed by atoms with Crippen molar-refractivity contribution in [3.05, 3.63) is 47.2 Å². The molecule has 1 aromatic carbocycles. The molecular formula is C12H15N3O3S. The van der Waals surface area contributed by atoms with E-state index in [-0.39, 0.29) is 18.2 Å². The molecule has 0 aliphatic carbocycles. The zero-order valence-electron chi connectivity index (χ0n) is 10.8. The molecule has 0 spiro atoms. The van der Waals surface area contributed by atoms with E-state index in [0.29, 0.717) is 5.89 Å². The van der Waals surface area contributed by atoms with E-state index < -0.39 is 10.0 Å². The molecule has 2 rings (SSSR count). The Labute approximate surface area is 111 Å². The van der Waals surface area contributed by atoms with E-state index in [0.717, 1.165) is 11.1 Å². The van der Waals surface area contributed by atoms with Crippen LogP contribution in [0.25, 0.3) is 0 Å². The molecule has 0 fully saturated rings. The van der Waals surface area contributed by atoms with Crippen molar-refractivity contribution in [3.8, 4) is 0 Å². The molecule has 0 aliphatic rings. The molecule has 102 valence electrons. The predicted octanol–water partition coefficient (Wildman–Crippen LogP) is 1.31. The number of hydrogen-bond donors (Lipinski definition) is 1. The van der Waals surface area contributed by atoms with Gasteiger partial charge in [-0.15, -0.1) is 10.2 Å². The number of nitrogens with one attached hydrogen (secondary N) is 1. The van der Waals surface area contributed by atoms with Crippen LogP contribution in [-0.4, -0.2) is 18.6 Å². The first-order chi connectivity index (χ1) is 8.94. The van der Waals surface area contributed by atoms with E-state index in [9.17, 15) is 8.42 Å². The lowest BCUT2D eigenvalue weighted by Crippen LogP contribution is -2.24. The normalized spacial score (nSPS) is 11.7. The SMILES string of the molecule is Cc1cccc(CS(=O)(=O)NCc2nnc(C)o2)c1. The van der Waals surface area contributed by atoms with Crippen LogP contribution >= 0.6 is 0 Å². The Morgan fingerprint density at radius 2 is 2.05 bits per heavy atom. The molecule has 0 atom stereocenters. The van der Waals surface area contributed by atoms with Gasteiger partial charge in [-0.25, -0.2) is 13.1 Å². The molecule has 1 aromatic heterocycles. The maximum atomic E-state index is 11.9. The summed E-state index contributed by atoms with van der Waals surface area (Å²) < 4.78 is 31.3. The lowest BCUT2D eigenvalue weighted by Gasteiger charge is -2.05. The second-order valence-corrected chi connectivity index (χ2v) is 6.09. The summed E-state index contributed by atoms with van der Waals surface area (Å²) in [6.07, 6.45) is 0. The van der Waals surface area contributed by atoms with Gasteiger partial charge in [0.05, 0.1) is 12.3 Å². The molecule has 0 unspecified atom stereocenters. The van der Waals surface area contributed by atoms with Crippen LogP contribution in [0.3, 0.4) is 0 Å². The Morgan fingerprint density at radius 1 is 1.26 bits per heavy atom. The average Bonchev–Trinajstić information content (AvgIpc) is 2.72. The Hall–Kier alpha value is -1.73. The zero-order valence-corrected chi connectivity index (χ0v) is 11.6. The Bertz CT molecular complexity index is 664. The Morgan fingerprint density at radius 3 is 2.68 bits per heavy atom. The van der Waals surface area contributed by atoms with Gasteiger partial charge < -0.3 is 4.42 Å². The lowest BCUT2D eigenvalue weighted by atomic mass is 10.2. The van der Waals surface area contributed by atoms with Crippen molar-refractivity contribution in [1.29, 1.82) is 0 Å². The number of rotatable bonds is 5. The van der Waals surface area contributed by atoms with Gasteiger partial charge in [0, 0.05) is 6.92 Å². The highest BCUT2D eigenvalue weighted by Crippen LogP contribution is 2.08. The third-order valence-electron chi connectivity index (χ3n) is 2.45. The van der Waals surface area contributed by atoms with Crippen molar-refractivity contribution in [2.75, 3.05) is 0 Å². The minimum absolute atomic E-state index is 0.00892. The van der Waals surface area contributed by atoms with E-state index in [1.807, 2.05) is 25.1 Å². The van der Waals surface area contributed by atoms with Crippen LogP contribution in [0.1, 0.15) is 22.9 Å². The van der Waals surface area contributed by atoms with Crippen molar-refractivity contribution >= 4 is 10.0 Å². The fourth-order valence-electron chi connectivity index (χ4n) is 1.65. The van der Waals surface area contributed by atoms with Gasteiger partial charge in [0.1, 0.15) is 0 Å². The predicted molar refractivity (Wildman–Crippen MR) is 69.7 cm³/mol. The molecule has 19 heavy (non-hydrogen) atoms. The van der Waals surface area contributed by atoms with Gasteiger partial charge >= 0.3 is 0 Å². The van der Waals surface area contributed by atoms with Crippen molar-refractivity contribution in [3.63, 3.8) is 0 Å². The average molecular weight is 281 g/mol. The second-order valence-electron chi connectivity index (χ2n) is 4.28. The molecule has 0 aliphatic heterocycles. The summed E-state index contributed by atoms with van der Waals surface area (Å²) in [6, 6.07) is 7.38. The van der Waals surface area contributed by atoms with Crippen LogP contribution in [0.2, 0.25) is 0 Å². The standard InChI is InChI=1S/C12H15N3O3S/c1-9-4-3-5-11(6-9)8-19(16,17)13-7-12-15-14-10(2)18-12/h3-6,13H,7-8H2,1-2H3. The first kappa shape index (κ1) is 13.7. The first-order valence-corrected chi connectivity index (χ1v) is 7.42. The minimum Gasteiger partial charge on any atom is -0.424 e. The summed E-state index contributed by atoms with van der Waals surface area (Å²) in [7, 11) is -3.42. The molecule has 2 aromatic rings. The van der Waals surface area contributed by atoms with E-state index in [1.54, 1.807) is 13.0 Å². The minimum atomic E-state index is -3.42. The van der Waals surface area contributed by atoms with Gasteiger partial charge in [0.25, 0.3) is 0 Å². The smallest absolute Gasteiger partial charge is 0.231 e. The lowest BCUT2D eigenvalue weighted by molar-refractivity contribution is 0.460. The van der Waals surface area contributed by atoms with E-state index in [4.69, 9.17) is 4.42 Å². The maximum absolute atomic E-state index is 11.9. The van der Waals surface area contributed by atoms with Gasteiger partial charge in [-0.2, -0.15) is 0 Å². The van der Waals surface area contributed by atoms with Crippen LogP contribution in [0.4, 0.5) is 0 Å². The summed E-state index contributed by atoms with van der Waals surface area (Å²) >= 11 is 0. The highest BCUT2D eigenvalue weighted by Gasteiger charge is 2.13. The van der Waals surface area contributed by atoms with Crippen LogP contribution in [0.5, 0.6) is 0 Å². The van der Waals surface area contributed by atoms with Gasteiger partial charge in [-0.05, 0) is 12.5 Å². The third kappa shape index (κ3) is 4.15.